The SMILES string of the molecule is COc1cc2c(cc1OCCCCCOc1cc3c(cc1C)C(=O)N1C=C(C)C[C@H]1C(O)N3C(C)C)N(C)C(O)[C@@H]1CC(C)=CN1C2=O. The maximum atomic E-state index is 13.6. The molecule has 6 rings (SSSR count). The van der Waals surface area contributed by atoms with E-state index < -0.39 is 12.5 Å². The summed E-state index contributed by atoms with van der Waals surface area (Å²) in [6.07, 6.45) is 5.69. The van der Waals surface area contributed by atoms with Crippen molar-refractivity contribution in [1.29, 1.82) is 0 Å². The minimum atomic E-state index is -0.855. The number of rotatable bonds is 10. The highest BCUT2D eigenvalue weighted by Crippen LogP contribution is 2.42. The van der Waals surface area contributed by atoms with E-state index in [9.17, 15) is 19.8 Å². The lowest BCUT2D eigenvalue weighted by Crippen LogP contribution is -2.50. The summed E-state index contributed by atoms with van der Waals surface area (Å²) in [6, 6.07) is 6.58. The fourth-order valence-corrected chi connectivity index (χ4v) is 7.38. The summed E-state index contributed by atoms with van der Waals surface area (Å²) in [5.41, 5.74) is 5.33. The normalized spacial score (nSPS) is 23.3. The van der Waals surface area contributed by atoms with Gasteiger partial charge in [0.2, 0.25) is 0 Å². The number of carbonyl (C=O) groups is 2. The zero-order chi connectivity index (χ0) is 34.4. The number of ether oxygens (including phenoxy) is 3. The van der Waals surface area contributed by atoms with Crippen molar-refractivity contribution in [2.75, 3.05) is 37.2 Å². The number of aryl methyl sites for hydroxylation is 1. The molecule has 0 fully saturated rings. The molecular formula is C37H48N4O7. The third-order valence-electron chi connectivity index (χ3n) is 9.89. The number of nitrogens with zero attached hydrogens (tertiary/aromatic N) is 4. The van der Waals surface area contributed by atoms with Crippen molar-refractivity contribution in [2.45, 2.75) is 97.3 Å². The van der Waals surface area contributed by atoms with Gasteiger partial charge in [-0.25, -0.2) is 0 Å². The van der Waals surface area contributed by atoms with E-state index in [1.807, 2.05) is 64.1 Å². The van der Waals surface area contributed by atoms with Gasteiger partial charge in [-0.15, -0.1) is 0 Å². The Balaban J connectivity index is 1.07. The quantitative estimate of drug-likeness (QED) is 0.333. The smallest absolute Gasteiger partial charge is 0.260 e. The molecule has 0 saturated heterocycles. The second-order valence-electron chi connectivity index (χ2n) is 13.8. The molecule has 4 atom stereocenters. The van der Waals surface area contributed by atoms with E-state index in [2.05, 4.69) is 0 Å². The first-order valence-electron chi connectivity index (χ1n) is 16.9. The van der Waals surface area contributed by atoms with E-state index in [1.165, 1.54) is 0 Å². The molecule has 0 aliphatic carbocycles. The number of benzene rings is 2. The van der Waals surface area contributed by atoms with Crippen LogP contribution in [0.4, 0.5) is 11.4 Å². The van der Waals surface area contributed by atoms with Crippen molar-refractivity contribution in [1.82, 2.24) is 9.80 Å². The molecule has 2 amide bonds. The molecular weight excluding hydrogens is 612 g/mol. The Bertz CT molecular complexity index is 1650. The zero-order valence-electron chi connectivity index (χ0n) is 29.0. The molecule has 2 N–H and O–H groups in total. The molecule has 0 saturated carbocycles. The van der Waals surface area contributed by atoms with Crippen molar-refractivity contribution >= 4 is 23.2 Å². The first kappa shape index (κ1) is 33.7. The summed E-state index contributed by atoms with van der Waals surface area (Å²) < 4.78 is 18.0. The van der Waals surface area contributed by atoms with Gasteiger partial charge in [0.25, 0.3) is 11.8 Å². The first-order valence-corrected chi connectivity index (χ1v) is 16.9. The molecule has 11 heteroatoms. The van der Waals surface area contributed by atoms with Crippen molar-refractivity contribution in [3.63, 3.8) is 0 Å². The van der Waals surface area contributed by atoms with Gasteiger partial charge >= 0.3 is 0 Å². The zero-order valence-corrected chi connectivity index (χ0v) is 29.0. The lowest BCUT2D eigenvalue weighted by molar-refractivity contribution is 0.0560. The van der Waals surface area contributed by atoms with Crippen LogP contribution in [0, 0.1) is 6.92 Å². The number of likely N-dealkylation sites (N-methyl/N-ethyl adjacent to an activating group) is 1. The lowest BCUT2D eigenvalue weighted by atomic mass is 10.0. The van der Waals surface area contributed by atoms with E-state index in [-0.39, 0.29) is 29.9 Å². The van der Waals surface area contributed by atoms with Crippen LogP contribution in [-0.4, -0.2) is 89.8 Å². The van der Waals surface area contributed by atoms with Gasteiger partial charge in [-0.1, -0.05) is 11.1 Å². The molecule has 2 aromatic carbocycles. The summed E-state index contributed by atoms with van der Waals surface area (Å²) in [5.74, 6) is 1.42. The Morgan fingerprint density at radius 1 is 0.750 bits per heavy atom. The number of unbranched alkanes of at least 4 members (excludes halogenated alkanes) is 2. The Morgan fingerprint density at radius 3 is 1.88 bits per heavy atom. The number of hydrogen-bond acceptors (Lipinski definition) is 9. The molecule has 48 heavy (non-hydrogen) atoms. The summed E-state index contributed by atoms with van der Waals surface area (Å²) in [4.78, 5) is 34.0. The first-order chi connectivity index (χ1) is 22.9. The summed E-state index contributed by atoms with van der Waals surface area (Å²) >= 11 is 0. The van der Waals surface area contributed by atoms with Gasteiger partial charge < -0.3 is 44.0 Å². The second-order valence-corrected chi connectivity index (χ2v) is 13.8. The van der Waals surface area contributed by atoms with Crippen LogP contribution in [0.2, 0.25) is 0 Å². The van der Waals surface area contributed by atoms with E-state index >= 15 is 0 Å². The van der Waals surface area contributed by atoms with E-state index in [1.54, 1.807) is 41.0 Å². The number of methoxy groups -OCH3 is 1. The lowest BCUT2D eigenvalue weighted by Gasteiger charge is -2.37. The van der Waals surface area contributed by atoms with Crippen molar-refractivity contribution in [2.24, 2.45) is 0 Å². The van der Waals surface area contributed by atoms with Gasteiger partial charge in [0.1, 0.15) is 18.2 Å². The van der Waals surface area contributed by atoms with Crippen LogP contribution >= 0.6 is 0 Å². The van der Waals surface area contributed by atoms with Gasteiger partial charge in [-0.05, 0) is 84.4 Å². The predicted molar refractivity (Wildman–Crippen MR) is 184 cm³/mol. The number of carbonyl (C=O) groups excluding carboxylic acids is 2. The molecule has 0 bridgehead atoms. The van der Waals surface area contributed by atoms with E-state index in [0.29, 0.717) is 65.8 Å². The largest absolute Gasteiger partial charge is 0.493 e. The second kappa shape index (κ2) is 13.4. The van der Waals surface area contributed by atoms with Crippen molar-refractivity contribution in [3.05, 3.63) is 64.5 Å². The Kier molecular flexibility index (Phi) is 9.37. The molecule has 2 aromatic rings. The molecule has 4 aliphatic rings. The monoisotopic (exact) mass is 660 g/mol. The number of hydrogen-bond donors (Lipinski definition) is 2. The van der Waals surface area contributed by atoms with Crippen LogP contribution < -0.4 is 24.0 Å². The minimum absolute atomic E-state index is 0.0223. The fraction of sp³-hybridized carbons (Fsp3) is 0.514. The van der Waals surface area contributed by atoms with Crippen LogP contribution in [-0.2, 0) is 0 Å². The molecule has 258 valence electrons. The standard InChI is InChI=1S/C37H48N4O7/c1-21(2)41-28-18-31(24(5)15-25(28)34(42)40-20-23(4)14-30(40)37(41)45)47-11-9-8-10-12-48-33-17-27-26(16-32(33)46-7)35(43)39-19-22(3)13-29(39)36(44)38(27)6/h15-21,29-30,36-37,44-45H,8-14H2,1-7H3/t29-,30-,36?,37?/m0/s1. The summed E-state index contributed by atoms with van der Waals surface area (Å²) in [6.45, 7) is 10.9. The van der Waals surface area contributed by atoms with Crippen molar-refractivity contribution < 1.29 is 34.0 Å². The highest BCUT2D eigenvalue weighted by Gasteiger charge is 2.43. The fourth-order valence-electron chi connectivity index (χ4n) is 7.38. The number of aliphatic hydroxyl groups excluding tert-OH is 2. The third kappa shape index (κ3) is 5.98. The van der Waals surface area contributed by atoms with Gasteiger partial charge in [0.05, 0.1) is 54.9 Å². The average Bonchev–Trinajstić information content (AvgIpc) is 3.62. The van der Waals surface area contributed by atoms with Gasteiger partial charge in [-0.3, -0.25) is 9.59 Å². The molecule has 0 spiro atoms. The van der Waals surface area contributed by atoms with Crippen LogP contribution in [0.1, 0.15) is 86.1 Å². The number of anilines is 2. The highest BCUT2D eigenvalue weighted by molar-refractivity contribution is 6.03. The molecule has 0 radical (unpaired) electrons. The molecule has 2 unspecified atom stereocenters. The molecule has 11 nitrogen and oxygen atoms in total. The topological polar surface area (TPSA) is 115 Å². The number of amides is 2. The maximum Gasteiger partial charge on any atom is 0.260 e. The van der Waals surface area contributed by atoms with Crippen molar-refractivity contribution in [3.8, 4) is 17.2 Å². The molecule has 4 aliphatic heterocycles. The third-order valence-corrected chi connectivity index (χ3v) is 9.89. The van der Waals surface area contributed by atoms with Crippen LogP contribution in [0.5, 0.6) is 17.2 Å². The number of aliphatic hydroxyl groups is 2. The highest BCUT2D eigenvalue weighted by atomic mass is 16.5. The predicted octanol–water partition coefficient (Wildman–Crippen LogP) is 5.18. The van der Waals surface area contributed by atoms with Crippen LogP contribution in [0.3, 0.4) is 0 Å². The summed E-state index contributed by atoms with van der Waals surface area (Å²) in [5, 5.41) is 22.5. The van der Waals surface area contributed by atoms with Gasteiger partial charge in [0, 0.05) is 37.6 Å². The van der Waals surface area contributed by atoms with Crippen LogP contribution in [0.15, 0.2) is 47.8 Å². The van der Waals surface area contributed by atoms with E-state index in [0.717, 1.165) is 36.0 Å². The van der Waals surface area contributed by atoms with Gasteiger partial charge in [0.15, 0.2) is 11.5 Å². The van der Waals surface area contributed by atoms with Gasteiger partial charge in [-0.2, -0.15) is 0 Å². The molecule has 0 aromatic heterocycles. The summed E-state index contributed by atoms with van der Waals surface area (Å²) in [7, 11) is 3.34. The Morgan fingerprint density at radius 2 is 1.29 bits per heavy atom. The minimum Gasteiger partial charge on any atom is -0.493 e. The average molecular weight is 661 g/mol. The van der Waals surface area contributed by atoms with Crippen LogP contribution in [0.25, 0.3) is 0 Å². The maximum absolute atomic E-state index is 13.6. The molecule has 4 heterocycles. The van der Waals surface area contributed by atoms with E-state index in [4.69, 9.17) is 14.2 Å². The Labute approximate surface area is 283 Å². The Hall–Kier alpha value is -4.22. The number of fused-ring (bicyclic) bond motifs is 4.